The number of sulfonamides is 1. The number of nitrogens with one attached hydrogen (secondary N) is 1. The van der Waals surface area contributed by atoms with Gasteiger partial charge in [-0.05, 0) is 29.8 Å². The number of aromatic nitrogens is 1. The minimum absolute atomic E-state index is 0.0681. The van der Waals surface area contributed by atoms with Crippen LogP contribution >= 0.6 is 0 Å². The van der Waals surface area contributed by atoms with Crippen LogP contribution in [-0.4, -0.2) is 13.4 Å². The summed E-state index contributed by atoms with van der Waals surface area (Å²) in [5.74, 6) is 0.197. The van der Waals surface area contributed by atoms with Crippen molar-refractivity contribution in [2.75, 3.05) is 4.72 Å². The van der Waals surface area contributed by atoms with E-state index in [2.05, 4.69) is 9.71 Å². The van der Waals surface area contributed by atoms with E-state index in [-0.39, 0.29) is 16.3 Å². The molecule has 6 heteroatoms. The number of rotatable bonds is 4. The molecule has 0 fully saturated rings. The second-order valence-corrected chi connectivity index (χ2v) is 6.66. The van der Waals surface area contributed by atoms with Crippen molar-refractivity contribution in [3.05, 3.63) is 78.5 Å². The molecule has 118 valence electrons. The molecule has 0 bridgehead atoms. The zero-order chi connectivity index (χ0) is 17.0. The molecule has 0 saturated carbocycles. The number of hydrogen-bond donors (Lipinski definition) is 1. The minimum Gasteiger partial charge on any atom is -0.263 e. The summed E-state index contributed by atoms with van der Waals surface area (Å²) in [5, 5.41) is 9.05. The Hall–Kier alpha value is -3.17. The molecule has 0 aliphatic carbocycles. The average molecular weight is 335 g/mol. The third-order valence-electron chi connectivity index (χ3n) is 3.41. The normalized spacial score (nSPS) is 10.8. The molecule has 0 unspecified atom stereocenters. The van der Waals surface area contributed by atoms with Crippen LogP contribution in [-0.2, 0) is 10.0 Å². The van der Waals surface area contributed by atoms with E-state index in [1.807, 2.05) is 36.4 Å². The highest BCUT2D eigenvalue weighted by Gasteiger charge is 2.18. The number of hydrogen-bond acceptors (Lipinski definition) is 4. The summed E-state index contributed by atoms with van der Waals surface area (Å²) in [6.45, 7) is 0. The lowest BCUT2D eigenvalue weighted by molar-refractivity contribution is 0.601. The molecule has 3 aromatic rings. The van der Waals surface area contributed by atoms with E-state index in [9.17, 15) is 8.42 Å². The van der Waals surface area contributed by atoms with Gasteiger partial charge < -0.3 is 0 Å². The van der Waals surface area contributed by atoms with Crippen molar-refractivity contribution in [2.45, 2.75) is 4.90 Å². The van der Waals surface area contributed by atoms with E-state index in [4.69, 9.17) is 5.26 Å². The molecule has 1 heterocycles. The van der Waals surface area contributed by atoms with Gasteiger partial charge in [0.05, 0.1) is 5.56 Å². The van der Waals surface area contributed by atoms with Gasteiger partial charge in [-0.1, -0.05) is 42.5 Å². The lowest BCUT2D eigenvalue weighted by Gasteiger charge is -2.09. The van der Waals surface area contributed by atoms with Crippen molar-refractivity contribution >= 4 is 15.8 Å². The van der Waals surface area contributed by atoms with Crippen LogP contribution in [0.4, 0.5) is 5.82 Å². The lowest BCUT2D eigenvalue weighted by atomic mass is 10.1. The second kappa shape index (κ2) is 6.52. The zero-order valence-electron chi connectivity index (χ0n) is 12.5. The van der Waals surface area contributed by atoms with Gasteiger partial charge in [-0.25, -0.2) is 13.4 Å². The topological polar surface area (TPSA) is 82.8 Å². The largest absolute Gasteiger partial charge is 0.264 e. The third kappa shape index (κ3) is 3.26. The summed E-state index contributed by atoms with van der Waals surface area (Å²) < 4.78 is 27.3. The van der Waals surface area contributed by atoms with Gasteiger partial charge in [0, 0.05) is 11.8 Å². The molecule has 0 aliphatic heterocycles. The monoisotopic (exact) mass is 335 g/mol. The predicted molar refractivity (Wildman–Crippen MR) is 91.6 cm³/mol. The van der Waals surface area contributed by atoms with E-state index >= 15 is 0 Å². The zero-order valence-corrected chi connectivity index (χ0v) is 13.4. The SMILES string of the molecule is N#Cc1ccccc1S(=O)(=O)Nc1ccc(-c2ccccc2)cn1. The minimum atomic E-state index is -3.87. The van der Waals surface area contributed by atoms with Crippen molar-refractivity contribution in [1.82, 2.24) is 4.98 Å². The van der Waals surface area contributed by atoms with Crippen molar-refractivity contribution < 1.29 is 8.42 Å². The van der Waals surface area contributed by atoms with E-state index in [0.29, 0.717) is 0 Å². The van der Waals surface area contributed by atoms with Gasteiger partial charge >= 0.3 is 0 Å². The Morgan fingerprint density at radius 2 is 1.58 bits per heavy atom. The summed E-state index contributed by atoms with van der Waals surface area (Å²) in [7, 11) is -3.87. The lowest BCUT2D eigenvalue weighted by Crippen LogP contribution is -2.15. The Morgan fingerprint density at radius 1 is 0.875 bits per heavy atom. The van der Waals surface area contributed by atoms with E-state index in [1.54, 1.807) is 30.5 Å². The van der Waals surface area contributed by atoms with Crippen LogP contribution in [0.3, 0.4) is 0 Å². The van der Waals surface area contributed by atoms with Crippen LogP contribution < -0.4 is 4.72 Å². The van der Waals surface area contributed by atoms with Crippen LogP contribution in [0.1, 0.15) is 5.56 Å². The van der Waals surface area contributed by atoms with Crippen molar-refractivity contribution in [1.29, 1.82) is 5.26 Å². The van der Waals surface area contributed by atoms with E-state index in [1.165, 1.54) is 12.1 Å². The predicted octanol–water partition coefficient (Wildman–Crippen LogP) is 3.42. The molecular formula is C18H13N3O2S. The standard InChI is InChI=1S/C18H13N3O2S/c19-12-15-8-4-5-9-17(15)24(22,23)21-18-11-10-16(13-20-18)14-6-2-1-3-7-14/h1-11,13H,(H,20,21). The molecule has 2 aromatic carbocycles. The molecule has 0 spiro atoms. The smallest absolute Gasteiger partial charge is 0.263 e. The second-order valence-electron chi connectivity index (χ2n) is 5.01. The Bertz CT molecular complexity index is 992. The first-order chi connectivity index (χ1) is 11.6. The molecule has 24 heavy (non-hydrogen) atoms. The summed E-state index contributed by atoms with van der Waals surface area (Å²) in [6.07, 6.45) is 1.60. The molecular weight excluding hydrogens is 322 g/mol. The fourth-order valence-electron chi connectivity index (χ4n) is 2.24. The molecule has 0 saturated heterocycles. The average Bonchev–Trinajstić information content (AvgIpc) is 2.63. The van der Waals surface area contributed by atoms with Gasteiger partial charge in [-0.3, -0.25) is 4.72 Å². The molecule has 1 aromatic heterocycles. The fourth-order valence-corrected chi connectivity index (χ4v) is 3.41. The first kappa shape index (κ1) is 15.7. The first-order valence-electron chi connectivity index (χ1n) is 7.13. The van der Waals surface area contributed by atoms with Crippen LogP contribution in [0.2, 0.25) is 0 Å². The van der Waals surface area contributed by atoms with E-state index in [0.717, 1.165) is 11.1 Å². The summed E-state index contributed by atoms with van der Waals surface area (Å²) in [6, 6.07) is 21.0. The number of pyridine rings is 1. The van der Waals surface area contributed by atoms with Gasteiger partial charge in [0.15, 0.2) is 0 Å². The number of anilines is 1. The van der Waals surface area contributed by atoms with Crippen molar-refractivity contribution in [3.63, 3.8) is 0 Å². The number of nitrogens with zero attached hydrogens (tertiary/aromatic N) is 2. The van der Waals surface area contributed by atoms with Crippen LogP contribution in [0.15, 0.2) is 77.8 Å². The maximum atomic E-state index is 12.4. The highest BCUT2D eigenvalue weighted by Crippen LogP contribution is 2.21. The Labute approximate surface area is 140 Å². The molecule has 1 N–H and O–H groups in total. The van der Waals surface area contributed by atoms with E-state index < -0.39 is 10.0 Å². The van der Waals surface area contributed by atoms with Gasteiger partial charge in [0.1, 0.15) is 16.8 Å². The molecule has 0 amide bonds. The van der Waals surface area contributed by atoms with Gasteiger partial charge in [-0.2, -0.15) is 5.26 Å². The number of benzene rings is 2. The molecule has 0 atom stereocenters. The Morgan fingerprint density at radius 3 is 2.25 bits per heavy atom. The third-order valence-corrected chi connectivity index (χ3v) is 4.82. The fraction of sp³-hybridized carbons (Fsp3) is 0. The van der Waals surface area contributed by atoms with Crippen LogP contribution in [0, 0.1) is 11.3 Å². The van der Waals surface area contributed by atoms with Crippen LogP contribution in [0.25, 0.3) is 11.1 Å². The molecule has 0 radical (unpaired) electrons. The van der Waals surface area contributed by atoms with Crippen molar-refractivity contribution in [3.8, 4) is 17.2 Å². The molecule has 0 aliphatic rings. The highest BCUT2D eigenvalue weighted by atomic mass is 32.2. The number of nitriles is 1. The maximum Gasteiger partial charge on any atom is 0.264 e. The van der Waals surface area contributed by atoms with Gasteiger partial charge in [-0.15, -0.1) is 0 Å². The Kier molecular flexibility index (Phi) is 4.27. The molecule has 3 rings (SSSR count). The maximum absolute atomic E-state index is 12.4. The summed E-state index contributed by atoms with van der Waals surface area (Å²) in [4.78, 5) is 4.08. The first-order valence-corrected chi connectivity index (χ1v) is 8.62. The van der Waals surface area contributed by atoms with Gasteiger partial charge in [0.25, 0.3) is 10.0 Å². The van der Waals surface area contributed by atoms with Gasteiger partial charge in [0.2, 0.25) is 0 Å². The molecule has 5 nitrogen and oxygen atoms in total. The van der Waals surface area contributed by atoms with Crippen LogP contribution in [0.5, 0.6) is 0 Å². The van der Waals surface area contributed by atoms with Crippen molar-refractivity contribution in [2.24, 2.45) is 0 Å². The highest BCUT2D eigenvalue weighted by molar-refractivity contribution is 7.92. The quantitative estimate of drug-likeness (QED) is 0.792. The summed E-state index contributed by atoms with van der Waals surface area (Å²) >= 11 is 0. The Balaban J connectivity index is 1.87. The summed E-state index contributed by atoms with van der Waals surface area (Å²) in [5.41, 5.74) is 1.97.